The molecule has 2 aliphatic rings. The number of nitrogens with one attached hydrogen (secondary N) is 1. The third-order valence-corrected chi connectivity index (χ3v) is 3.75. The van der Waals surface area contributed by atoms with E-state index in [0.29, 0.717) is 6.54 Å². The van der Waals surface area contributed by atoms with Crippen molar-refractivity contribution in [2.75, 3.05) is 26.2 Å². The number of carbonyl (C=O) groups is 2. The molecule has 0 aromatic rings. The quantitative estimate of drug-likeness (QED) is 0.604. The van der Waals surface area contributed by atoms with Crippen LogP contribution in [0.5, 0.6) is 0 Å². The van der Waals surface area contributed by atoms with Crippen LogP contribution < -0.4 is 5.32 Å². The number of rotatable bonds is 5. The van der Waals surface area contributed by atoms with E-state index in [4.69, 9.17) is 5.11 Å². The van der Waals surface area contributed by atoms with Crippen molar-refractivity contribution in [3.63, 3.8) is 0 Å². The molecule has 2 fully saturated rings. The highest BCUT2D eigenvalue weighted by atomic mass is 16.3. The SMILES string of the molecule is O=C(NCC(O)CO)C1CCCN(C(=O)C2CC2)C1. The monoisotopic (exact) mass is 270 g/mol. The first kappa shape index (κ1) is 14.3. The van der Waals surface area contributed by atoms with E-state index in [1.807, 2.05) is 0 Å². The number of hydrogen-bond donors (Lipinski definition) is 3. The van der Waals surface area contributed by atoms with Gasteiger partial charge in [0, 0.05) is 25.6 Å². The Kier molecular flexibility index (Phi) is 4.76. The summed E-state index contributed by atoms with van der Waals surface area (Å²) in [6.45, 7) is 0.925. The molecule has 6 heteroatoms. The van der Waals surface area contributed by atoms with Crippen molar-refractivity contribution in [3.8, 4) is 0 Å². The van der Waals surface area contributed by atoms with Crippen LogP contribution in [0, 0.1) is 11.8 Å². The normalized spacial score (nSPS) is 24.9. The van der Waals surface area contributed by atoms with Crippen molar-refractivity contribution in [3.05, 3.63) is 0 Å². The molecule has 1 aliphatic carbocycles. The van der Waals surface area contributed by atoms with Gasteiger partial charge >= 0.3 is 0 Å². The molecule has 0 aromatic heterocycles. The lowest BCUT2D eigenvalue weighted by atomic mass is 9.96. The fraction of sp³-hybridized carbons (Fsp3) is 0.846. The maximum atomic E-state index is 12.0. The summed E-state index contributed by atoms with van der Waals surface area (Å²) in [7, 11) is 0. The van der Waals surface area contributed by atoms with Crippen molar-refractivity contribution < 1.29 is 19.8 Å². The lowest BCUT2D eigenvalue weighted by Crippen LogP contribution is -2.47. The standard InChI is InChI=1S/C13H22N2O4/c16-8-11(17)6-14-12(18)10-2-1-5-15(7-10)13(19)9-3-4-9/h9-11,16-17H,1-8H2,(H,14,18). The number of amides is 2. The Balaban J connectivity index is 1.79. The van der Waals surface area contributed by atoms with Crippen LogP contribution >= 0.6 is 0 Å². The lowest BCUT2D eigenvalue weighted by Gasteiger charge is -2.32. The lowest BCUT2D eigenvalue weighted by molar-refractivity contribution is -0.136. The molecule has 0 aromatic carbocycles. The topological polar surface area (TPSA) is 89.9 Å². The van der Waals surface area contributed by atoms with Crippen molar-refractivity contribution in [1.29, 1.82) is 0 Å². The summed E-state index contributed by atoms with van der Waals surface area (Å²) >= 11 is 0. The van der Waals surface area contributed by atoms with Crippen LogP contribution in [0.2, 0.25) is 0 Å². The molecular formula is C13H22N2O4. The first-order chi connectivity index (χ1) is 9.11. The van der Waals surface area contributed by atoms with Crippen LogP contribution in [-0.4, -0.2) is 59.3 Å². The average Bonchev–Trinajstić information content (AvgIpc) is 3.28. The molecule has 1 saturated carbocycles. The molecule has 6 nitrogen and oxygen atoms in total. The molecule has 0 bridgehead atoms. The van der Waals surface area contributed by atoms with Crippen LogP contribution in [-0.2, 0) is 9.59 Å². The second-order valence-electron chi connectivity index (χ2n) is 5.48. The minimum absolute atomic E-state index is 0.0579. The molecule has 1 heterocycles. The summed E-state index contributed by atoms with van der Waals surface area (Å²) in [6.07, 6.45) is 2.66. The zero-order valence-corrected chi connectivity index (χ0v) is 11.0. The predicted molar refractivity (Wildman–Crippen MR) is 68.1 cm³/mol. The van der Waals surface area contributed by atoms with E-state index in [9.17, 15) is 14.7 Å². The third-order valence-electron chi connectivity index (χ3n) is 3.75. The first-order valence-corrected chi connectivity index (χ1v) is 6.97. The molecule has 2 atom stereocenters. The maximum absolute atomic E-state index is 12.0. The van der Waals surface area contributed by atoms with Crippen LogP contribution in [0.1, 0.15) is 25.7 Å². The largest absolute Gasteiger partial charge is 0.394 e. The van der Waals surface area contributed by atoms with Crippen LogP contribution in [0.15, 0.2) is 0 Å². The van der Waals surface area contributed by atoms with E-state index in [0.717, 1.165) is 32.2 Å². The highest BCUT2D eigenvalue weighted by Gasteiger charge is 2.36. The molecular weight excluding hydrogens is 248 g/mol. The number of aliphatic hydroxyl groups is 2. The van der Waals surface area contributed by atoms with Gasteiger partial charge in [0.1, 0.15) is 0 Å². The van der Waals surface area contributed by atoms with Crippen LogP contribution in [0.3, 0.4) is 0 Å². The molecule has 0 spiro atoms. The second-order valence-corrected chi connectivity index (χ2v) is 5.48. The molecule has 3 N–H and O–H groups in total. The van der Waals surface area contributed by atoms with Gasteiger partial charge in [0.2, 0.25) is 11.8 Å². The Morgan fingerprint density at radius 1 is 1.26 bits per heavy atom. The van der Waals surface area contributed by atoms with Gasteiger partial charge in [-0.25, -0.2) is 0 Å². The second kappa shape index (κ2) is 6.34. The van der Waals surface area contributed by atoms with Gasteiger partial charge in [-0.1, -0.05) is 0 Å². The number of piperidine rings is 1. The number of carbonyl (C=O) groups excluding carboxylic acids is 2. The summed E-state index contributed by atoms with van der Waals surface area (Å²) in [4.78, 5) is 25.7. The molecule has 108 valence electrons. The molecule has 2 unspecified atom stereocenters. The number of aliphatic hydroxyl groups excluding tert-OH is 2. The minimum Gasteiger partial charge on any atom is -0.394 e. The van der Waals surface area contributed by atoms with Crippen molar-refractivity contribution >= 4 is 11.8 Å². The zero-order valence-electron chi connectivity index (χ0n) is 11.0. The van der Waals surface area contributed by atoms with Gasteiger partial charge in [0.05, 0.1) is 18.6 Å². The number of likely N-dealkylation sites (tertiary alicyclic amines) is 1. The van der Waals surface area contributed by atoms with Gasteiger partial charge in [-0.2, -0.15) is 0 Å². The molecule has 1 aliphatic heterocycles. The third kappa shape index (κ3) is 3.91. The van der Waals surface area contributed by atoms with Gasteiger partial charge in [-0.3, -0.25) is 9.59 Å². The molecule has 0 radical (unpaired) electrons. The zero-order chi connectivity index (χ0) is 13.8. The van der Waals surface area contributed by atoms with Gasteiger partial charge in [-0.05, 0) is 25.7 Å². The van der Waals surface area contributed by atoms with Gasteiger partial charge in [-0.15, -0.1) is 0 Å². The van der Waals surface area contributed by atoms with Crippen LogP contribution in [0.25, 0.3) is 0 Å². The van der Waals surface area contributed by atoms with Crippen molar-refractivity contribution in [1.82, 2.24) is 10.2 Å². The Hall–Kier alpha value is -1.14. The van der Waals surface area contributed by atoms with E-state index < -0.39 is 6.10 Å². The Morgan fingerprint density at radius 2 is 2.00 bits per heavy atom. The van der Waals surface area contributed by atoms with E-state index >= 15 is 0 Å². The van der Waals surface area contributed by atoms with Gasteiger partial charge in [0.15, 0.2) is 0 Å². The minimum atomic E-state index is -0.920. The van der Waals surface area contributed by atoms with E-state index in [1.165, 1.54) is 0 Å². The average molecular weight is 270 g/mol. The van der Waals surface area contributed by atoms with E-state index in [-0.39, 0.29) is 36.8 Å². The highest BCUT2D eigenvalue weighted by Crippen LogP contribution is 2.32. The first-order valence-electron chi connectivity index (χ1n) is 6.97. The van der Waals surface area contributed by atoms with Crippen LogP contribution in [0.4, 0.5) is 0 Å². The smallest absolute Gasteiger partial charge is 0.225 e. The van der Waals surface area contributed by atoms with E-state index in [1.54, 1.807) is 4.90 Å². The van der Waals surface area contributed by atoms with Gasteiger partial charge < -0.3 is 20.4 Å². The summed E-state index contributed by atoms with van der Waals surface area (Å²) in [5.41, 5.74) is 0. The summed E-state index contributed by atoms with van der Waals surface area (Å²) in [5.74, 6) is 0.0501. The number of nitrogens with zero attached hydrogens (tertiary/aromatic N) is 1. The maximum Gasteiger partial charge on any atom is 0.225 e. The highest BCUT2D eigenvalue weighted by molar-refractivity contribution is 5.83. The summed E-state index contributed by atoms with van der Waals surface area (Å²) in [5, 5.41) is 20.5. The predicted octanol–water partition coefficient (Wildman–Crippen LogP) is -0.896. The molecule has 1 saturated heterocycles. The Morgan fingerprint density at radius 3 is 2.63 bits per heavy atom. The van der Waals surface area contributed by atoms with E-state index in [2.05, 4.69) is 5.32 Å². The molecule has 2 rings (SSSR count). The summed E-state index contributed by atoms with van der Waals surface area (Å²) < 4.78 is 0. The Labute approximate surface area is 112 Å². The molecule has 19 heavy (non-hydrogen) atoms. The fourth-order valence-electron chi connectivity index (χ4n) is 2.41. The summed E-state index contributed by atoms with van der Waals surface area (Å²) in [6, 6.07) is 0. The van der Waals surface area contributed by atoms with Gasteiger partial charge in [0.25, 0.3) is 0 Å². The number of hydrogen-bond acceptors (Lipinski definition) is 4. The molecule has 2 amide bonds. The van der Waals surface area contributed by atoms with Crippen molar-refractivity contribution in [2.45, 2.75) is 31.8 Å². The fourth-order valence-corrected chi connectivity index (χ4v) is 2.41. The Bertz CT molecular complexity index is 344. The van der Waals surface area contributed by atoms with Crippen molar-refractivity contribution in [2.24, 2.45) is 11.8 Å².